The van der Waals surface area contributed by atoms with Crippen molar-refractivity contribution in [2.45, 2.75) is 24.3 Å². The number of hydrogen-bond acceptors (Lipinski definition) is 8. The van der Waals surface area contributed by atoms with Crippen molar-refractivity contribution in [2.24, 2.45) is 0 Å². The quantitative estimate of drug-likeness (QED) is 0.324. The average Bonchev–Trinajstić information content (AvgIpc) is 3.48. The molecule has 0 atom stereocenters. The molecule has 10 heteroatoms. The van der Waals surface area contributed by atoms with Crippen molar-refractivity contribution in [3.8, 4) is 22.8 Å². The summed E-state index contributed by atoms with van der Waals surface area (Å²) in [6.45, 7) is 2.01. The highest BCUT2D eigenvalue weighted by Gasteiger charge is 2.17. The van der Waals surface area contributed by atoms with Crippen LogP contribution in [-0.2, 0) is 12.2 Å². The fraction of sp³-hybridized carbons (Fsp3) is 0.174. The van der Waals surface area contributed by atoms with Gasteiger partial charge in [-0.1, -0.05) is 48.2 Å². The standard InChI is InChI=1S/C23H20N6O2S2/c1-3-19-27-29-20(30)13-16(24-22(29)33-19)14-32-23-26-25-21(15-9-11-18(31-2)12-10-15)28(23)17-7-5-4-6-8-17/h4-13H,3,14H2,1-2H3. The number of para-hydroxylation sites is 1. The number of ether oxygens (including phenoxy) is 1. The van der Waals surface area contributed by atoms with Gasteiger partial charge >= 0.3 is 0 Å². The van der Waals surface area contributed by atoms with Crippen LogP contribution in [0.1, 0.15) is 17.6 Å². The monoisotopic (exact) mass is 476 g/mol. The van der Waals surface area contributed by atoms with E-state index in [0.717, 1.165) is 34.3 Å². The van der Waals surface area contributed by atoms with Crippen molar-refractivity contribution in [1.29, 1.82) is 0 Å². The van der Waals surface area contributed by atoms with Crippen LogP contribution < -0.4 is 10.3 Å². The first-order chi connectivity index (χ1) is 16.2. The summed E-state index contributed by atoms with van der Waals surface area (Å²) in [5.74, 6) is 1.99. The van der Waals surface area contributed by atoms with Crippen LogP contribution in [0, 0.1) is 0 Å². The first-order valence-corrected chi connectivity index (χ1v) is 12.1. The van der Waals surface area contributed by atoms with E-state index in [1.165, 1.54) is 33.7 Å². The zero-order valence-electron chi connectivity index (χ0n) is 18.0. The van der Waals surface area contributed by atoms with Gasteiger partial charge in [-0.25, -0.2) is 4.98 Å². The van der Waals surface area contributed by atoms with E-state index in [9.17, 15) is 4.79 Å². The summed E-state index contributed by atoms with van der Waals surface area (Å²) in [5, 5.41) is 14.8. The Bertz CT molecular complexity index is 1460. The van der Waals surface area contributed by atoms with Crippen LogP contribution in [-0.4, -0.2) is 36.5 Å². The molecule has 0 aliphatic rings. The number of fused-ring (bicyclic) bond motifs is 1. The number of thioether (sulfide) groups is 1. The largest absolute Gasteiger partial charge is 0.497 e. The molecule has 0 unspecified atom stereocenters. The van der Waals surface area contributed by atoms with Gasteiger partial charge in [0.05, 0.1) is 12.8 Å². The summed E-state index contributed by atoms with van der Waals surface area (Å²) in [7, 11) is 1.64. The topological polar surface area (TPSA) is 87.2 Å². The van der Waals surface area contributed by atoms with Gasteiger partial charge in [0.25, 0.3) is 5.56 Å². The maximum atomic E-state index is 12.5. The summed E-state index contributed by atoms with van der Waals surface area (Å²) < 4.78 is 8.66. The third-order valence-electron chi connectivity index (χ3n) is 4.99. The molecular formula is C23H20N6O2S2. The molecule has 0 saturated heterocycles. The molecule has 8 nitrogen and oxygen atoms in total. The number of methoxy groups -OCH3 is 1. The van der Waals surface area contributed by atoms with Crippen LogP contribution in [0.5, 0.6) is 5.75 Å². The normalized spacial score (nSPS) is 11.2. The van der Waals surface area contributed by atoms with Gasteiger partial charge in [-0.2, -0.15) is 9.61 Å². The fourth-order valence-corrected chi connectivity index (χ4v) is 5.05. The Labute approximate surface area is 197 Å². The minimum Gasteiger partial charge on any atom is -0.497 e. The van der Waals surface area contributed by atoms with Gasteiger partial charge in [0, 0.05) is 23.1 Å². The van der Waals surface area contributed by atoms with E-state index in [1.807, 2.05) is 66.1 Å². The lowest BCUT2D eigenvalue weighted by molar-refractivity contribution is 0.415. The molecule has 0 bridgehead atoms. The van der Waals surface area contributed by atoms with Crippen LogP contribution in [0.4, 0.5) is 0 Å². The summed E-state index contributed by atoms with van der Waals surface area (Å²) in [5.41, 5.74) is 2.39. The molecule has 166 valence electrons. The van der Waals surface area contributed by atoms with Crippen molar-refractivity contribution in [1.82, 2.24) is 29.4 Å². The number of aryl methyl sites for hydroxylation is 1. The molecule has 2 aromatic carbocycles. The Kier molecular flexibility index (Phi) is 5.93. The van der Waals surface area contributed by atoms with Crippen molar-refractivity contribution in [3.05, 3.63) is 81.7 Å². The molecule has 5 aromatic rings. The molecule has 33 heavy (non-hydrogen) atoms. The highest BCUT2D eigenvalue weighted by Crippen LogP contribution is 2.30. The molecule has 0 saturated carbocycles. The first-order valence-electron chi connectivity index (χ1n) is 10.3. The van der Waals surface area contributed by atoms with Crippen molar-refractivity contribution in [2.75, 3.05) is 7.11 Å². The first kappa shape index (κ1) is 21.4. The van der Waals surface area contributed by atoms with E-state index in [0.29, 0.717) is 21.6 Å². The second kappa shape index (κ2) is 9.16. The van der Waals surface area contributed by atoms with E-state index in [2.05, 4.69) is 20.3 Å². The van der Waals surface area contributed by atoms with Crippen LogP contribution >= 0.6 is 23.1 Å². The SMILES string of the molecule is CCc1nn2c(=O)cc(CSc3nnc(-c4ccc(OC)cc4)n3-c3ccccc3)nc2s1. The second-order valence-corrected chi connectivity index (χ2v) is 9.11. The maximum Gasteiger partial charge on any atom is 0.275 e. The number of nitrogens with zero attached hydrogens (tertiary/aromatic N) is 6. The zero-order chi connectivity index (χ0) is 22.8. The lowest BCUT2D eigenvalue weighted by Gasteiger charge is -2.10. The van der Waals surface area contributed by atoms with Gasteiger partial charge in [-0.3, -0.25) is 9.36 Å². The molecule has 3 aromatic heterocycles. The van der Waals surface area contributed by atoms with Gasteiger partial charge in [0.15, 0.2) is 11.0 Å². The highest BCUT2D eigenvalue weighted by molar-refractivity contribution is 7.98. The minimum atomic E-state index is -0.171. The lowest BCUT2D eigenvalue weighted by atomic mass is 10.2. The summed E-state index contributed by atoms with van der Waals surface area (Å²) >= 11 is 2.93. The number of aromatic nitrogens is 6. The number of hydrogen-bond donors (Lipinski definition) is 0. The van der Waals surface area contributed by atoms with Crippen LogP contribution in [0.3, 0.4) is 0 Å². The summed E-state index contributed by atoms with van der Waals surface area (Å²) in [6.07, 6.45) is 0.770. The van der Waals surface area contributed by atoms with Gasteiger partial charge in [-0.15, -0.1) is 10.2 Å². The summed E-state index contributed by atoms with van der Waals surface area (Å²) in [6, 6.07) is 19.2. The number of rotatable bonds is 7. The van der Waals surface area contributed by atoms with Gasteiger partial charge < -0.3 is 4.74 Å². The Morgan fingerprint density at radius 2 is 1.85 bits per heavy atom. The Morgan fingerprint density at radius 3 is 2.58 bits per heavy atom. The smallest absolute Gasteiger partial charge is 0.275 e. The average molecular weight is 477 g/mol. The Balaban J connectivity index is 1.50. The van der Waals surface area contributed by atoms with Crippen LogP contribution in [0.2, 0.25) is 0 Å². The van der Waals surface area contributed by atoms with Gasteiger partial charge in [0.2, 0.25) is 4.96 Å². The lowest BCUT2D eigenvalue weighted by Crippen LogP contribution is -2.15. The molecule has 0 fully saturated rings. The molecule has 0 radical (unpaired) electrons. The molecule has 0 spiro atoms. The van der Waals surface area contributed by atoms with E-state index in [1.54, 1.807) is 7.11 Å². The van der Waals surface area contributed by atoms with E-state index < -0.39 is 0 Å². The molecule has 0 aliphatic heterocycles. The Morgan fingerprint density at radius 1 is 1.06 bits per heavy atom. The molecule has 5 rings (SSSR count). The second-order valence-electron chi connectivity index (χ2n) is 7.12. The van der Waals surface area contributed by atoms with Crippen LogP contribution in [0.15, 0.2) is 70.6 Å². The van der Waals surface area contributed by atoms with Gasteiger partial charge in [-0.05, 0) is 42.8 Å². The van der Waals surface area contributed by atoms with Crippen LogP contribution in [0.25, 0.3) is 22.0 Å². The van der Waals surface area contributed by atoms with Crippen molar-refractivity contribution >= 4 is 28.1 Å². The van der Waals surface area contributed by atoms with Crippen molar-refractivity contribution < 1.29 is 4.74 Å². The third-order valence-corrected chi connectivity index (χ3v) is 7.00. The highest BCUT2D eigenvalue weighted by atomic mass is 32.2. The van der Waals surface area contributed by atoms with E-state index in [4.69, 9.17) is 4.74 Å². The zero-order valence-corrected chi connectivity index (χ0v) is 19.6. The van der Waals surface area contributed by atoms with E-state index >= 15 is 0 Å². The third kappa shape index (κ3) is 4.27. The fourth-order valence-electron chi connectivity index (χ4n) is 3.35. The molecule has 0 aliphatic carbocycles. The molecule has 0 N–H and O–H groups in total. The number of benzene rings is 2. The molecule has 0 amide bonds. The predicted octanol–water partition coefficient (Wildman–Crippen LogP) is 4.26. The van der Waals surface area contributed by atoms with Gasteiger partial charge in [0.1, 0.15) is 10.8 Å². The molecule has 3 heterocycles. The summed E-state index contributed by atoms with van der Waals surface area (Å²) in [4.78, 5) is 17.7. The van der Waals surface area contributed by atoms with Crippen molar-refractivity contribution in [3.63, 3.8) is 0 Å². The predicted molar refractivity (Wildman–Crippen MR) is 129 cm³/mol. The maximum absolute atomic E-state index is 12.5. The Hall–Kier alpha value is -3.50. The minimum absolute atomic E-state index is 0.171. The molecular weight excluding hydrogens is 456 g/mol. The van der Waals surface area contributed by atoms with E-state index in [-0.39, 0.29) is 5.56 Å².